The van der Waals surface area contributed by atoms with E-state index in [0.717, 1.165) is 11.1 Å². The number of esters is 1. The SMILES string of the molecule is CCOC(=O)c1ccccc1NC(=O)[C@@H](C)Oc1cc(C)cc(C)c1. The summed E-state index contributed by atoms with van der Waals surface area (Å²) in [5.74, 6) is -0.170. The van der Waals surface area contributed by atoms with Gasteiger partial charge in [0.25, 0.3) is 5.91 Å². The van der Waals surface area contributed by atoms with Crippen molar-refractivity contribution in [1.29, 1.82) is 0 Å². The Morgan fingerprint density at radius 1 is 1.08 bits per heavy atom. The Labute approximate surface area is 148 Å². The van der Waals surface area contributed by atoms with E-state index in [1.54, 1.807) is 38.1 Å². The van der Waals surface area contributed by atoms with Crippen molar-refractivity contribution in [2.75, 3.05) is 11.9 Å². The molecule has 1 atom stereocenters. The lowest BCUT2D eigenvalue weighted by atomic mass is 10.1. The molecule has 0 spiro atoms. The summed E-state index contributed by atoms with van der Waals surface area (Å²) in [7, 11) is 0. The van der Waals surface area contributed by atoms with E-state index in [9.17, 15) is 9.59 Å². The van der Waals surface area contributed by atoms with Crippen molar-refractivity contribution in [2.45, 2.75) is 33.8 Å². The first-order valence-electron chi connectivity index (χ1n) is 8.22. The van der Waals surface area contributed by atoms with Crippen LogP contribution in [0.3, 0.4) is 0 Å². The molecule has 2 rings (SSSR count). The zero-order valence-corrected chi connectivity index (χ0v) is 15.0. The van der Waals surface area contributed by atoms with Gasteiger partial charge in [-0.05, 0) is 63.1 Å². The standard InChI is InChI=1S/C20H23NO4/c1-5-24-20(23)17-8-6-7-9-18(17)21-19(22)15(4)25-16-11-13(2)10-14(3)12-16/h6-12,15H,5H2,1-4H3,(H,21,22)/t15-/m1/s1. The second-order valence-corrected chi connectivity index (χ2v) is 5.84. The molecule has 2 aromatic carbocycles. The summed E-state index contributed by atoms with van der Waals surface area (Å²) < 4.78 is 10.7. The van der Waals surface area contributed by atoms with Gasteiger partial charge in [0.2, 0.25) is 0 Å². The fraction of sp³-hybridized carbons (Fsp3) is 0.300. The first kappa shape index (κ1) is 18.5. The first-order valence-corrected chi connectivity index (χ1v) is 8.22. The molecule has 132 valence electrons. The molecule has 1 N–H and O–H groups in total. The normalized spacial score (nSPS) is 11.5. The highest BCUT2D eigenvalue weighted by atomic mass is 16.5. The van der Waals surface area contributed by atoms with Crippen LogP contribution >= 0.6 is 0 Å². The average Bonchev–Trinajstić information content (AvgIpc) is 2.54. The smallest absolute Gasteiger partial charge is 0.340 e. The lowest BCUT2D eigenvalue weighted by Gasteiger charge is -2.17. The van der Waals surface area contributed by atoms with Crippen molar-refractivity contribution in [2.24, 2.45) is 0 Å². The third-order valence-corrected chi connectivity index (χ3v) is 3.56. The van der Waals surface area contributed by atoms with Gasteiger partial charge in [-0.3, -0.25) is 4.79 Å². The molecule has 0 aliphatic rings. The molecule has 0 aromatic heterocycles. The maximum Gasteiger partial charge on any atom is 0.340 e. The van der Waals surface area contributed by atoms with Crippen LogP contribution in [0, 0.1) is 13.8 Å². The predicted octanol–water partition coefficient (Wildman–Crippen LogP) is 3.89. The van der Waals surface area contributed by atoms with Gasteiger partial charge in [-0.15, -0.1) is 0 Å². The molecule has 5 nitrogen and oxygen atoms in total. The number of para-hydroxylation sites is 1. The minimum atomic E-state index is -0.712. The number of anilines is 1. The van der Waals surface area contributed by atoms with Crippen LogP contribution in [0.5, 0.6) is 5.75 Å². The van der Waals surface area contributed by atoms with Gasteiger partial charge in [-0.1, -0.05) is 18.2 Å². The van der Waals surface area contributed by atoms with Crippen LogP contribution in [0.1, 0.15) is 35.3 Å². The summed E-state index contributed by atoms with van der Waals surface area (Å²) in [4.78, 5) is 24.4. The molecule has 1 amide bonds. The summed E-state index contributed by atoms with van der Waals surface area (Å²) in [6, 6.07) is 12.5. The maximum atomic E-state index is 12.4. The van der Waals surface area contributed by atoms with Crippen LogP contribution in [-0.4, -0.2) is 24.6 Å². The fourth-order valence-corrected chi connectivity index (χ4v) is 2.47. The monoisotopic (exact) mass is 341 g/mol. The fourth-order valence-electron chi connectivity index (χ4n) is 2.47. The van der Waals surface area contributed by atoms with Gasteiger partial charge in [0.15, 0.2) is 6.10 Å². The van der Waals surface area contributed by atoms with Crippen molar-refractivity contribution in [1.82, 2.24) is 0 Å². The number of carbonyl (C=O) groups excluding carboxylic acids is 2. The van der Waals surface area contributed by atoms with Gasteiger partial charge in [0, 0.05) is 0 Å². The molecular weight excluding hydrogens is 318 g/mol. The van der Waals surface area contributed by atoms with E-state index < -0.39 is 12.1 Å². The zero-order valence-electron chi connectivity index (χ0n) is 15.0. The van der Waals surface area contributed by atoms with Crippen molar-refractivity contribution in [3.63, 3.8) is 0 Å². The molecule has 0 aliphatic carbocycles. The summed E-state index contributed by atoms with van der Waals surface area (Å²) in [6.07, 6.45) is -0.712. The Morgan fingerprint density at radius 3 is 2.36 bits per heavy atom. The van der Waals surface area contributed by atoms with E-state index >= 15 is 0 Å². The van der Waals surface area contributed by atoms with Gasteiger partial charge >= 0.3 is 5.97 Å². The molecule has 0 heterocycles. The van der Waals surface area contributed by atoms with Crippen LogP contribution < -0.4 is 10.1 Å². The van der Waals surface area contributed by atoms with Crippen LogP contribution in [0.2, 0.25) is 0 Å². The molecule has 0 saturated heterocycles. The minimum absolute atomic E-state index is 0.271. The third-order valence-electron chi connectivity index (χ3n) is 3.56. The van der Waals surface area contributed by atoms with E-state index in [-0.39, 0.29) is 12.5 Å². The number of carbonyl (C=O) groups is 2. The van der Waals surface area contributed by atoms with Crippen molar-refractivity contribution in [3.8, 4) is 5.75 Å². The minimum Gasteiger partial charge on any atom is -0.481 e. The molecule has 0 saturated carbocycles. The predicted molar refractivity (Wildman–Crippen MR) is 97.0 cm³/mol. The molecule has 5 heteroatoms. The summed E-state index contributed by atoms with van der Waals surface area (Å²) >= 11 is 0. The van der Waals surface area contributed by atoms with E-state index in [1.165, 1.54) is 0 Å². The number of rotatable bonds is 6. The van der Waals surface area contributed by atoms with Gasteiger partial charge in [-0.25, -0.2) is 4.79 Å². The van der Waals surface area contributed by atoms with E-state index in [2.05, 4.69) is 5.32 Å². The average molecular weight is 341 g/mol. The topological polar surface area (TPSA) is 64.6 Å². The highest BCUT2D eigenvalue weighted by Crippen LogP contribution is 2.20. The van der Waals surface area contributed by atoms with Crippen LogP contribution in [0.25, 0.3) is 0 Å². The molecule has 25 heavy (non-hydrogen) atoms. The Morgan fingerprint density at radius 2 is 1.72 bits per heavy atom. The van der Waals surface area contributed by atoms with E-state index in [1.807, 2.05) is 32.0 Å². The third kappa shape index (κ3) is 5.08. The van der Waals surface area contributed by atoms with Crippen LogP contribution in [-0.2, 0) is 9.53 Å². The number of nitrogens with one attached hydrogen (secondary N) is 1. The quantitative estimate of drug-likeness (QED) is 0.810. The van der Waals surface area contributed by atoms with Crippen LogP contribution in [0.4, 0.5) is 5.69 Å². The van der Waals surface area contributed by atoms with Crippen molar-refractivity contribution < 1.29 is 19.1 Å². The second kappa shape index (κ2) is 8.33. The highest BCUT2D eigenvalue weighted by molar-refractivity contribution is 6.02. The molecule has 0 unspecified atom stereocenters. The number of benzene rings is 2. The lowest BCUT2D eigenvalue weighted by Crippen LogP contribution is -2.30. The van der Waals surface area contributed by atoms with Gasteiger partial charge in [-0.2, -0.15) is 0 Å². The molecular formula is C20H23NO4. The number of hydrogen-bond acceptors (Lipinski definition) is 4. The second-order valence-electron chi connectivity index (χ2n) is 5.84. The van der Waals surface area contributed by atoms with E-state index in [0.29, 0.717) is 17.0 Å². The Kier molecular flexibility index (Phi) is 6.17. The molecule has 2 aromatic rings. The molecule has 0 fully saturated rings. The Bertz CT molecular complexity index is 750. The van der Waals surface area contributed by atoms with Gasteiger partial charge in [0.1, 0.15) is 5.75 Å². The summed E-state index contributed by atoms with van der Waals surface area (Å²) in [6.45, 7) is 7.62. The first-order chi connectivity index (χ1) is 11.9. The Balaban J connectivity index is 2.10. The lowest BCUT2D eigenvalue weighted by molar-refractivity contribution is -0.122. The number of amides is 1. The zero-order chi connectivity index (χ0) is 18.4. The summed E-state index contributed by atoms with van der Waals surface area (Å²) in [5, 5.41) is 2.73. The molecule has 0 aliphatic heterocycles. The molecule has 0 bridgehead atoms. The van der Waals surface area contributed by atoms with Crippen molar-refractivity contribution in [3.05, 3.63) is 59.2 Å². The van der Waals surface area contributed by atoms with Gasteiger partial charge in [0.05, 0.1) is 17.9 Å². The van der Waals surface area contributed by atoms with Gasteiger partial charge < -0.3 is 14.8 Å². The molecule has 0 radical (unpaired) electrons. The van der Waals surface area contributed by atoms with Crippen LogP contribution in [0.15, 0.2) is 42.5 Å². The highest BCUT2D eigenvalue weighted by Gasteiger charge is 2.19. The number of hydrogen-bond donors (Lipinski definition) is 1. The maximum absolute atomic E-state index is 12.4. The summed E-state index contributed by atoms with van der Waals surface area (Å²) in [5.41, 5.74) is 2.85. The Hall–Kier alpha value is -2.82. The number of aryl methyl sites for hydroxylation is 2. The number of ether oxygens (including phenoxy) is 2. The van der Waals surface area contributed by atoms with Crippen molar-refractivity contribution >= 4 is 17.6 Å². The largest absolute Gasteiger partial charge is 0.481 e. The van der Waals surface area contributed by atoms with E-state index in [4.69, 9.17) is 9.47 Å².